The molecule has 0 spiro atoms. The van der Waals surface area contributed by atoms with Gasteiger partial charge >= 0.3 is 0 Å². The summed E-state index contributed by atoms with van der Waals surface area (Å²) in [6.07, 6.45) is 0. The molecule has 0 saturated carbocycles. The molecule has 0 radical (unpaired) electrons. The van der Waals surface area contributed by atoms with E-state index in [4.69, 9.17) is 9.97 Å². The molecular weight excluding hydrogens is 452 g/mol. The molecule has 0 aliphatic heterocycles. The van der Waals surface area contributed by atoms with Crippen LogP contribution in [0.15, 0.2) is 82.6 Å². The van der Waals surface area contributed by atoms with Crippen molar-refractivity contribution in [2.45, 2.75) is 49.0 Å². The van der Waals surface area contributed by atoms with Crippen molar-refractivity contribution in [1.82, 2.24) is 9.97 Å². The van der Waals surface area contributed by atoms with E-state index in [2.05, 4.69) is 100 Å². The van der Waals surface area contributed by atoms with Crippen LogP contribution in [-0.2, 0) is 11.5 Å². The Balaban J connectivity index is 1.51. The van der Waals surface area contributed by atoms with Crippen LogP contribution >= 0.6 is 23.5 Å². The Hall–Kier alpha value is -2.82. The average molecular weight is 481 g/mol. The largest absolute Gasteiger partial charge is 0.248 e. The van der Waals surface area contributed by atoms with Gasteiger partial charge in [-0.3, -0.25) is 0 Å². The van der Waals surface area contributed by atoms with Gasteiger partial charge < -0.3 is 0 Å². The number of hydrogen-bond donors (Lipinski definition) is 0. The Bertz CT molecular complexity index is 1390. The molecule has 0 unspecified atom stereocenters. The Morgan fingerprint density at radius 3 is 1.41 bits per heavy atom. The third-order valence-electron chi connectivity index (χ3n) is 6.08. The lowest BCUT2D eigenvalue weighted by Crippen LogP contribution is -2.01. The fourth-order valence-corrected chi connectivity index (χ4v) is 6.21. The van der Waals surface area contributed by atoms with Gasteiger partial charge in [-0.05, 0) is 73.9 Å². The summed E-state index contributed by atoms with van der Waals surface area (Å²) in [5, 5.41) is 2.41. The zero-order chi connectivity index (χ0) is 23.7. The molecule has 5 rings (SSSR count). The molecule has 2 nitrogen and oxygen atoms in total. The predicted molar refractivity (Wildman–Crippen MR) is 148 cm³/mol. The van der Waals surface area contributed by atoms with Crippen molar-refractivity contribution in [2.24, 2.45) is 0 Å². The van der Waals surface area contributed by atoms with Crippen molar-refractivity contribution < 1.29 is 0 Å². The van der Waals surface area contributed by atoms with E-state index < -0.39 is 0 Å². The van der Waals surface area contributed by atoms with Crippen molar-refractivity contribution in [3.63, 3.8) is 0 Å². The maximum atomic E-state index is 5.14. The van der Waals surface area contributed by atoms with Crippen LogP contribution in [0.4, 0.5) is 0 Å². The molecule has 0 aliphatic rings. The molecule has 0 bridgehead atoms. The second kappa shape index (κ2) is 9.81. The minimum atomic E-state index is 0.808. The second-order valence-corrected chi connectivity index (χ2v) is 11.0. The van der Waals surface area contributed by atoms with Gasteiger partial charge in [0, 0.05) is 21.3 Å². The summed E-state index contributed by atoms with van der Waals surface area (Å²) < 4.78 is 0. The summed E-state index contributed by atoms with van der Waals surface area (Å²) in [5.74, 6) is 1.62. The highest BCUT2D eigenvalue weighted by Gasteiger charge is 2.13. The van der Waals surface area contributed by atoms with Gasteiger partial charge in [0.15, 0.2) is 0 Å². The average Bonchev–Trinajstić information content (AvgIpc) is 2.81. The smallest absolute Gasteiger partial charge is 0.0897 e. The van der Waals surface area contributed by atoms with Gasteiger partial charge in [0.25, 0.3) is 0 Å². The van der Waals surface area contributed by atoms with E-state index in [1.165, 1.54) is 42.8 Å². The topological polar surface area (TPSA) is 25.8 Å². The van der Waals surface area contributed by atoms with Gasteiger partial charge in [0.05, 0.1) is 22.4 Å². The molecule has 0 fully saturated rings. The lowest BCUT2D eigenvalue weighted by Gasteiger charge is -2.13. The molecule has 0 aliphatic carbocycles. The lowest BCUT2D eigenvalue weighted by molar-refractivity contribution is 1.07. The zero-order valence-electron chi connectivity index (χ0n) is 20.1. The zero-order valence-corrected chi connectivity index (χ0v) is 21.7. The number of hydrogen-bond acceptors (Lipinski definition) is 4. The Labute approximate surface area is 210 Å². The molecular formula is C30H28N2S2. The minimum Gasteiger partial charge on any atom is -0.248 e. The molecule has 5 aromatic rings. The van der Waals surface area contributed by atoms with Crippen molar-refractivity contribution >= 4 is 45.3 Å². The first-order valence-corrected chi connectivity index (χ1v) is 13.5. The lowest BCUT2D eigenvalue weighted by atomic mass is 10.1. The number of thioether (sulfide) groups is 2. The molecule has 1 aromatic heterocycles. The molecule has 0 saturated heterocycles. The molecule has 1 heterocycles. The maximum Gasteiger partial charge on any atom is 0.0897 e. The van der Waals surface area contributed by atoms with Crippen LogP contribution in [0.5, 0.6) is 0 Å². The normalized spacial score (nSPS) is 11.4. The maximum absolute atomic E-state index is 5.14. The minimum absolute atomic E-state index is 0.808. The van der Waals surface area contributed by atoms with Crippen molar-refractivity contribution in [2.75, 3.05) is 0 Å². The summed E-state index contributed by atoms with van der Waals surface area (Å²) in [7, 11) is 0. The standard InChI is InChI=1S/C30H28N2S2/c1-19-9-11-29(21(3)13-19)33-17-27-28(18-34-30-12-10-20(2)14-22(30)4)32-26-16-24-8-6-5-7-23(24)15-25(26)31-27/h5-16H,17-18H2,1-4H3. The summed E-state index contributed by atoms with van der Waals surface area (Å²) in [5.41, 5.74) is 9.31. The number of nitrogens with zero attached hydrogens (tertiary/aromatic N) is 2. The molecule has 4 heteroatoms. The number of benzene rings is 4. The number of fused-ring (bicyclic) bond motifs is 2. The van der Waals surface area contributed by atoms with Crippen LogP contribution in [-0.4, -0.2) is 9.97 Å². The second-order valence-electron chi connectivity index (χ2n) is 8.92. The van der Waals surface area contributed by atoms with Gasteiger partial charge in [-0.2, -0.15) is 0 Å². The fourth-order valence-electron chi connectivity index (χ4n) is 4.26. The third kappa shape index (κ3) is 4.98. The van der Waals surface area contributed by atoms with Gasteiger partial charge in [-0.1, -0.05) is 59.7 Å². The van der Waals surface area contributed by atoms with E-state index in [0.717, 1.165) is 33.9 Å². The van der Waals surface area contributed by atoms with E-state index >= 15 is 0 Å². The summed E-state index contributed by atoms with van der Waals surface area (Å²) in [4.78, 5) is 12.9. The monoisotopic (exact) mass is 480 g/mol. The number of aromatic nitrogens is 2. The first kappa shape index (κ1) is 22.9. The van der Waals surface area contributed by atoms with E-state index in [1.54, 1.807) is 0 Å². The van der Waals surface area contributed by atoms with Gasteiger partial charge in [-0.25, -0.2) is 9.97 Å². The Morgan fingerprint density at radius 1 is 0.559 bits per heavy atom. The third-order valence-corrected chi connectivity index (χ3v) is 8.45. The molecule has 170 valence electrons. The van der Waals surface area contributed by atoms with Crippen LogP contribution in [0.1, 0.15) is 33.6 Å². The SMILES string of the molecule is Cc1ccc(SCc2nc3cc4ccccc4cc3nc2CSc2ccc(C)cc2C)c(C)c1. The Morgan fingerprint density at radius 2 is 1.00 bits per heavy atom. The molecule has 4 aromatic carbocycles. The fraction of sp³-hybridized carbons (Fsp3) is 0.200. The molecule has 0 amide bonds. The molecule has 34 heavy (non-hydrogen) atoms. The van der Waals surface area contributed by atoms with E-state index in [1.807, 2.05) is 23.5 Å². The van der Waals surface area contributed by atoms with Gasteiger partial charge in [-0.15, -0.1) is 23.5 Å². The number of aryl methyl sites for hydroxylation is 4. The highest BCUT2D eigenvalue weighted by molar-refractivity contribution is 7.99. The Kier molecular flexibility index (Phi) is 6.62. The first-order valence-electron chi connectivity index (χ1n) is 11.5. The van der Waals surface area contributed by atoms with Crippen LogP contribution in [0.2, 0.25) is 0 Å². The van der Waals surface area contributed by atoms with E-state index in [0.29, 0.717) is 0 Å². The summed E-state index contributed by atoms with van der Waals surface area (Å²) >= 11 is 3.70. The summed E-state index contributed by atoms with van der Waals surface area (Å²) in [6, 6.07) is 26.1. The van der Waals surface area contributed by atoms with Crippen molar-refractivity contribution in [1.29, 1.82) is 0 Å². The quantitative estimate of drug-likeness (QED) is 0.179. The molecule has 0 N–H and O–H groups in total. The van der Waals surface area contributed by atoms with Gasteiger partial charge in [0.2, 0.25) is 0 Å². The van der Waals surface area contributed by atoms with Crippen molar-refractivity contribution in [3.8, 4) is 0 Å². The van der Waals surface area contributed by atoms with E-state index in [9.17, 15) is 0 Å². The van der Waals surface area contributed by atoms with E-state index in [-0.39, 0.29) is 0 Å². The van der Waals surface area contributed by atoms with Gasteiger partial charge in [0.1, 0.15) is 0 Å². The molecule has 0 atom stereocenters. The van der Waals surface area contributed by atoms with Crippen LogP contribution in [0.25, 0.3) is 21.8 Å². The highest BCUT2D eigenvalue weighted by Crippen LogP contribution is 2.32. The van der Waals surface area contributed by atoms with Crippen molar-refractivity contribution in [3.05, 3.63) is 106 Å². The van der Waals surface area contributed by atoms with Crippen LogP contribution in [0.3, 0.4) is 0 Å². The van der Waals surface area contributed by atoms with Crippen LogP contribution in [0, 0.1) is 27.7 Å². The number of rotatable bonds is 6. The predicted octanol–water partition coefficient (Wildman–Crippen LogP) is 8.60. The first-order chi connectivity index (χ1) is 16.5. The van der Waals surface area contributed by atoms with Crippen LogP contribution < -0.4 is 0 Å². The highest BCUT2D eigenvalue weighted by atomic mass is 32.2. The summed E-state index contributed by atoms with van der Waals surface area (Å²) in [6.45, 7) is 8.65.